The molecular formula is C16H22BrClN2OSi. The molecule has 0 bridgehead atoms. The van der Waals surface area contributed by atoms with Gasteiger partial charge in [-0.2, -0.15) is 5.10 Å². The fraction of sp³-hybridized carbons (Fsp3) is 0.438. The molecule has 0 N–H and O–H groups in total. The molecule has 0 spiro atoms. The van der Waals surface area contributed by atoms with Gasteiger partial charge in [0, 0.05) is 36.8 Å². The minimum Gasteiger partial charge on any atom is -0.360 e. The Labute approximate surface area is 146 Å². The Hall–Kier alpha value is -0.623. The summed E-state index contributed by atoms with van der Waals surface area (Å²) < 4.78 is 8.55. The molecule has 0 unspecified atom stereocenters. The molecule has 0 aliphatic heterocycles. The van der Waals surface area contributed by atoms with Crippen molar-refractivity contribution in [3.8, 4) is 0 Å². The summed E-state index contributed by atoms with van der Waals surface area (Å²) in [5, 5.41) is 5.09. The SMILES string of the molecule is C[Si](C)(C)CCOCn1cc(Cc2cc(Cl)cc(Br)c2)cn1. The summed E-state index contributed by atoms with van der Waals surface area (Å²) in [6.45, 7) is 8.39. The molecular weight excluding hydrogens is 380 g/mol. The van der Waals surface area contributed by atoms with E-state index in [1.807, 2.05) is 29.2 Å². The fourth-order valence-corrected chi connectivity index (χ4v) is 3.74. The number of aromatic nitrogens is 2. The second-order valence-electron chi connectivity index (χ2n) is 6.69. The van der Waals surface area contributed by atoms with E-state index in [0.29, 0.717) is 6.73 Å². The summed E-state index contributed by atoms with van der Waals surface area (Å²) in [6.07, 6.45) is 4.73. The summed E-state index contributed by atoms with van der Waals surface area (Å²) in [5.41, 5.74) is 2.32. The molecule has 1 heterocycles. The van der Waals surface area contributed by atoms with Crippen LogP contribution in [-0.2, 0) is 17.9 Å². The standard InChI is InChI=1S/C16H22BrClN2OSi/c1-22(2,3)5-4-21-12-20-11-14(10-19-20)6-13-7-15(17)9-16(18)8-13/h7-11H,4-6,12H2,1-3H3. The second-order valence-corrected chi connectivity index (χ2v) is 13.7. The highest BCUT2D eigenvalue weighted by atomic mass is 79.9. The van der Waals surface area contributed by atoms with Gasteiger partial charge in [-0.25, -0.2) is 4.68 Å². The van der Waals surface area contributed by atoms with E-state index in [4.69, 9.17) is 16.3 Å². The molecule has 0 saturated carbocycles. The normalized spacial score (nSPS) is 11.9. The van der Waals surface area contributed by atoms with Crippen LogP contribution in [0.5, 0.6) is 0 Å². The molecule has 0 atom stereocenters. The topological polar surface area (TPSA) is 27.1 Å². The highest BCUT2D eigenvalue weighted by Gasteiger charge is 2.12. The van der Waals surface area contributed by atoms with Gasteiger partial charge in [-0.3, -0.25) is 0 Å². The predicted octanol–water partition coefficient (Wildman–Crippen LogP) is 5.20. The first kappa shape index (κ1) is 17.7. The first-order valence-corrected chi connectivity index (χ1v) is 12.2. The van der Waals surface area contributed by atoms with Crippen LogP contribution in [-0.4, -0.2) is 24.5 Å². The van der Waals surface area contributed by atoms with Gasteiger partial charge in [0.15, 0.2) is 0 Å². The molecule has 120 valence electrons. The zero-order chi connectivity index (χ0) is 16.2. The maximum atomic E-state index is 6.08. The number of hydrogen-bond acceptors (Lipinski definition) is 2. The van der Waals surface area contributed by atoms with E-state index in [2.05, 4.69) is 46.7 Å². The molecule has 0 aliphatic rings. The molecule has 2 aromatic rings. The first-order valence-electron chi connectivity index (χ1n) is 7.36. The maximum absolute atomic E-state index is 6.08. The highest BCUT2D eigenvalue weighted by molar-refractivity contribution is 9.10. The van der Waals surface area contributed by atoms with Crippen LogP contribution in [0.15, 0.2) is 35.1 Å². The average Bonchev–Trinajstić information content (AvgIpc) is 2.80. The molecule has 6 heteroatoms. The van der Waals surface area contributed by atoms with E-state index < -0.39 is 8.07 Å². The van der Waals surface area contributed by atoms with Crippen LogP contribution in [0.4, 0.5) is 0 Å². The number of halogens is 2. The van der Waals surface area contributed by atoms with E-state index in [1.165, 1.54) is 11.6 Å². The van der Waals surface area contributed by atoms with Gasteiger partial charge in [-0.05, 0) is 35.4 Å². The zero-order valence-electron chi connectivity index (χ0n) is 13.3. The summed E-state index contributed by atoms with van der Waals surface area (Å²) in [7, 11) is -1.02. The minimum absolute atomic E-state index is 0.518. The molecule has 1 aromatic carbocycles. The van der Waals surface area contributed by atoms with Gasteiger partial charge >= 0.3 is 0 Å². The van der Waals surface area contributed by atoms with Crippen molar-refractivity contribution < 1.29 is 4.74 Å². The van der Waals surface area contributed by atoms with Crippen LogP contribution in [0.3, 0.4) is 0 Å². The quantitative estimate of drug-likeness (QED) is 0.471. The van der Waals surface area contributed by atoms with Crippen molar-refractivity contribution in [2.45, 2.75) is 38.8 Å². The molecule has 22 heavy (non-hydrogen) atoms. The Bertz CT molecular complexity index is 605. The number of nitrogens with zero attached hydrogens (tertiary/aromatic N) is 2. The Kier molecular flexibility index (Phi) is 6.26. The van der Waals surface area contributed by atoms with E-state index in [-0.39, 0.29) is 0 Å². The van der Waals surface area contributed by atoms with Gasteiger partial charge in [0.2, 0.25) is 0 Å². The molecule has 3 nitrogen and oxygen atoms in total. The van der Waals surface area contributed by atoms with Gasteiger partial charge in [0.25, 0.3) is 0 Å². The van der Waals surface area contributed by atoms with Crippen molar-refractivity contribution in [3.63, 3.8) is 0 Å². The third-order valence-corrected chi connectivity index (χ3v) is 5.62. The molecule has 0 fully saturated rings. The summed E-state index contributed by atoms with van der Waals surface area (Å²) >= 11 is 9.54. The largest absolute Gasteiger partial charge is 0.360 e. The highest BCUT2D eigenvalue weighted by Crippen LogP contribution is 2.21. The molecule has 0 amide bonds. The van der Waals surface area contributed by atoms with Crippen molar-refractivity contribution in [2.75, 3.05) is 6.61 Å². The third-order valence-electron chi connectivity index (χ3n) is 3.24. The van der Waals surface area contributed by atoms with Crippen molar-refractivity contribution >= 4 is 35.6 Å². The summed E-state index contributed by atoms with van der Waals surface area (Å²) in [4.78, 5) is 0. The maximum Gasteiger partial charge on any atom is 0.139 e. The molecule has 2 rings (SSSR count). The van der Waals surface area contributed by atoms with Crippen LogP contribution in [0.25, 0.3) is 0 Å². The Balaban J connectivity index is 1.86. The lowest BCUT2D eigenvalue weighted by molar-refractivity contribution is 0.0785. The van der Waals surface area contributed by atoms with Crippen LogP contribution in [0, 0.1) is 0 Å². The molecule has 0 radical (unpaired) electrons. The van der Waals surface area contributed by atoms with E-state index in [9.17, 15) is 0 Å². The van der Waals surface area contributed by atoms with Gasteiger partial charge < -0.3 is 4.74 Å². The molecule has 1 aromatic heterocycles. The predicted molar refractivity (Wildman–Crippen MR) is 98.3 cm³/mol. The Morgan fingerprint density at radius 2 is 2.00 bits per heavy atom. The number of rotatable bonds is 7. The van der Waals surface area contributed by atoms with Gasteiger partial charge in [0.05, 0.1) is 6.20 Å². The lowest BCUT2D eigenvalue weighted by Crippen LogP contribution is -2.22. The third kappa shape index (κ3) is 6.24. The monoisotopic (exact) mass is 400 g/mol. The van der Waals surface area contributed by atoms with Gasteiger partial charge in [-0.1, -0.05) is 47.2 Å². The van der Waals surface area contributed by atoms with Crippen LogP contribution in [0.1, 0.15) is 11.1 Å². The molecule has 0 aliphatic carbocycles. The van der Waals surface area contributed by atoms with E-state index in [0.717, 1.165) is 28.1 Å². The fourth-order valence-electron chi connectivity index (χ4n) is 2.05. The zero-order valence-corrected chi connectivity index (χ0v) is 16.6. The van der Waals surface area contributed by atoms with Crippen molar-refractivity contribution in [1.29, 1.82) is 0 Å². The first-order chi connectivity index (χ1) is 10.3. The van der Waals surface area contributed by atoms with Crippen LogP contribution >= 0.6 is 27.5 Å². The Morgan fingerprint density at radius 3 is 2.68 bits per heavy atom. The van der Waals surface area contributed by atoms with Crippen molar-refractivity contribution in [3.05, 3.63) is 51.2 Å². The van der Waals surface area contributed by atoms with E-state index in [1.54, 1.807) is 0 Å². The van der Waals surface area contributed by atoms with Crippen molar-refractivity contribution in [1.82, 2.24) is 9.78 Å². The lowest BCUT2D eigenvalue weighted by Gasteiger charge is -2.15. The number of hydrogen-bond donors (Lipinski definition) is 0. The summed E-state index contributed by atoms with van der Waals surface area (Å²) in [6, 6.07) is 7.13. The van der Waals surface area contributed by atoms with Gasteiger partial charge in [0.1, 0.15) is 6.73 Å². The summed E-state index contributed by atoms with van der Waals surface area (Å²) in [5.74, 6) is 0. The smallest absolute Gasteiger partial charge is 0.139 e. The number of benzene rings is 1. The Morgan fingerprint density at radius 1 is 1.23 bits per heavy atom. The van der Waals surface area contributed by atoms with Crippen molar-refractivity contribution in [2.24, 2.45) is 0 Å². The van der Waals surface area contributed by atoms with E-state index >= 15 is 0 Å². The lowest BCUT2D eigenvalue weighted by atomic mass is 10.1. The number of ether oxygens (including phenoxy) is 1. The van der Waals surface area contributed by atoms with Crippen LogP contribution in [0.2, 0.25) is 30.7 Å². The van der Waals surface area contributed by atoms with Crippen LogP contribution < -0.4 is 0 Å². The second kappa shape index (κ2) is 7.77. The molecule has 0 saturated heterocycles. The minimum atomic E-state index is -1.02. The average molecular weight is 402 g/mol. The van der Waals surface area contributed by atoms with Gasteiger partial charge in [-0.15, -0.1) is 0 Å².